The van der Waals surface area contributed by atoms with E-state index in [1.807, 2.05) is 0 Å². The predicted octanol–water partition coefficient (Wildman–Crippen LogP) is 2.54. The van der Waals surface area contributed by atoms with Gasteiger partial charge in [0.15, 0.2) is 0 Å². The number of carbonyl (C=O) groups is 2. The fourth-order valence-electron chi connectivity index (χ4n) is 3.73. The van der Waals surface area contributed by atoms with E-state index in [1.54, 1.807) is 19.1 Å². The summed E-state index contributed by atoms with van der Waals surface area (Å²) in [6.07, 6.45) is -1.54. The lowest BCUT2D eigenvalue weighted by molar-refractivity contribution is -0.137. The number of carbonyl (C=O) groups excluding carboxylic acids is 2. The average molecular weight is 323 g/mol. The molecule has 0 saturated carbocycles. The highest BCUT2D eigenvalue weighted by atomic mass is 19.4. The molecule has 0 unspecified atom stereocenters. The number of anilines is 1. The molecule has 4 nitrogen and oxygen atoms in total. The van der Waals surface area contributed by atoms with Crippen LogP contribution in [0.3, 0.4) is 0 Å². The first kappa shape index (κ1) is 14.4. The number of ether oxygens (including phenoxy) is 1. The minimum atomic E-state index is -4.53. The summed E-state index contributed by atoms with van der Waals surface area (Å²) < 4.78 is 44.2. The smallest absolute Gasteiger partial charge is 0.362 e. The van der Waals surface area contributed by atoms with Crippen LogP contribution in [0.5, 0.6) is 0 Å². The molecule has 4 rings (SSSR count). The lowest BCUT2D eigenvalue weighted by atomic mass is 9.78. The Bertz CT molecular complexity index is 757. The number of nitrogens with zero attached hydrogens (tertiary/aromatic N) is 1. The normalized spacial score (nSPS) is 35.3. The number of amides is 2. The molecule has 3 heterocycles. The van der Waals surface area contributed by atoms with Crippen LogP contribution in [0.15, 0.2) is 36.4 Å². The van der Waals surface area contributed by atoms with Crippen LogP contribution in [0, 0.1) is 11.8 Å². The average Bonchev–Trinajstić information content (AvgIpc) is 3.07. The van der Waals surface area contributed by atoms with E-state index in [2.05, 4.69) is 0 Å². The van der Waals surface area contributed by atoms with Crippen molar-refractivity contribution in [3.63, 3.8) is 0 Å². The number of fused-ring (bicyclic) bond motifs is 5. The van der Waals surface area contributed by atoms with E-state index < -0.39 is 47.1 Å². The Labute approximate surface area is 129 Å². The molecule has 0 radical (unpaired) electrons. The molecule has 3 aliphatic rings. The molecule has 1 aromatic carbocycles. The number of benzene rings is 1. The maximum atomic E-state index is 12.9. The molecule has 0 N–H and O–H groups in total. The van der Waals surface area contributed by atoms with Crippen LogP contribution >= 0.6 is 0 Å². The standard InChI is InChI=1S/C16H12F3NO3/c1-15-6-5-10(23-15)11-12(15)14(22)20(13(11)21)9-4-2-3-8(7-9)16(17,18)19/h2-7,10-12H,1H3/t10-,11+,12-,15-/m1/s1. The Balaban J connectivity index is 1.75. The van der Waals surface area contributed by atoms with Crippen LogP contribution in [0.1, 0.15) is 12.5 Å². The molecular weight excluding hydrogens is 311 g/mol. The first-order valence-corrected chi connectivity index (χ1v) is 7.15. The first-order chi connectivity index (χ1) is 10.7. The van der Waals surface area contributed by atoms with Gasteiger partial charge < -0.3 is 4.74 Å². The minimum Gasteiger partial charge on any atom is -0.362 e. The predicted molar refractivity (Wildman–Crippen MR) is 73.3 cm³/mol. The highest BCUT2D eigenvalue weighted by Crippen LogP contribution is 2.52. The number of rotatable bonds is 1. The lowest BCUT2D eigenvalue weighted by Gasteiger charge is -2.24. The van der Waals surface area contributed by atoms with Crippen molar-refractivity contribution in [3.05, 3.63) is 42.0 Å². The van der Waals surface area contributed by atoms with Crippen molar-refractivity contribution >= 4 is 17.5 Å². The lowest BCUT2D eigenvalue weighted by Crippen LogP contribution is -2.38. The summed E-state index contributed by atoms with van der Waals surface area (Å²) in [7, 11) is 0. The monoisotopic (exact) mass is 323 g/mol. The molecule has 0 spiro atoms. The van der Waals surface area contributed by atoms with Crippen molar-refractivity contribution in [2.45, 2.75) is 24.8 Å². The van der Waals surface area contributed by atoms with Crippen LogP contribution in [0.4, 0.5) is 18.9 Å². The summed E-state index contributed by atoms with van der Waals surface area (Å²) in [5.41, 5.74) is -1.80. The molecule has 3 aliphatic heterocycles. The maximum absolute atomic E-state index is 12.9. The summed E-state index contributed by atoms with van der Waals surface area (Å²) in [6, 6.07) is 4.27. The second-order valence-electron chi connectivity index (χ2n) is 6.19. The summed E-state index contributed by atoms with van der Waals surface area (Å²) in [5, 5.41) is 0. The van der Waals surface area contributed by atoms with E-state index in [4.69, 9.17) is 4.74 Å². The molecule has 2 amide bonds. The van der Waals surface area contributed by atoms with E-state index in [-0.39, 0.29) is 5.69 Å². The number of alkyl halides is 3. The van der Waals surface area contributed by atoms with E-state index in [0.717, 1.165) is 17.0 Å². The zero-order chi connectivity index (χ0) is 16.6. The van der Waals surface area contributed by atoms with Gasteiger partial charge in [-0.3, -0.25) is 9.59 Å². The van der Waals surface area contributed by atoms with Crippen molar-refractivity contribution in [1.29, 1.82) is 0 Å². The van der Waals surface area contributed by atoms with Gasteiger partial charge in [0.25, 0.3) is 0 Å². The van der Waals surface area contributed by atoms with Gasteiger partial charge in [-0.15, -0.1) is 0 Å². The quantitative estimate of drug-likeness (QED) is 0.589. The van der Waals surface area contributed by atoms with Gasteiger partial charge in [-0.25, -0.2) is 4.90 Å². The number of halogens is 3. The first-order valence-electron chi connectivity index (χ1n) is 7.15. The molecule has 2 fully saturated rings. The number of imide groups is 1. The van der Waals surface area contributed by atoms with E-state index in [0.29, 0.717) is 0 Å². The van der Waals surface area contributed by atoms with Crippen molar-refractivity contribution in [3.8, 4) is 0 Å². The van der Waals surface area contributed by atoms with Crippen LogP contribution in [-0.4, -0.2) is 23.5 Å². The second kappa shape index (κ2) is 4.23. The molecule has 1 aromatic rings. The van der Waals surface area contributed by atoms with Crippen LogP contribution in [0.2, 0.25) is 0 Å². The third kappa shape index (κ3) is 1.83. The Morgan fingerprint density at radius 3 is 2.61 bits per heavy atom. The van der Waals surface area contributed by atoms with Gasteiger partial charge in [0.05, 0.1) is 34.8 Å². The van der Waals surface area contributed by atoms with Crippen molar-refractivity contribution in [2.24, 2.45) is 11.8 Å². The molecule has 23 heavy (non-hydrogen) atoms. The van der Waals surface area contributed by atoms with Gasteiger partial charge in [0, 0.05) is 0 Å². The molecule has 2 saturated heterocycles. The van der Waals surface area contributed by atoms with Crippen molar-refractivity contribution in [1.82, 2.24) is 0 Å². The highest BCUT2D eigenvalue weighted by molar-refractivity contribution is 6.23. The van der Waals surface area contributed by atoms with Gasteiger partial charge in [0.2, 0.25) is 11.8 Å². The molecule has 0 aliphatic carbocycles. The van der Waals surface area contributed by atoms with Gasteiger partial charge in [-0.05, 0) is 25.1 Å². The molecular formula is C16H12F3NO3. The van der Waals surface area contributed by atoms with Gasteiger partial charge in [0.1, 0.15) is 0 Å². The molecule has 0 aromatic heterocycles. The van der Waals surface area contributed by atoms with Crippen LogP contribution < -0.4 is 4.90 Å². The van der Waals surface area contributed by atoms with E-state index >= 15 is 0 Å². The van der Waals surface area contributed by atoms with Crippen molar-refractivity contribution < 1.29 is 27.5 Å². The number of hydrogen-bond donors (Lipinski definition) is 0. The summed E-state index contributed by atoms with van der Waals surface area (Å²) in [4.78, 5) is 26.1. The van der Waals surface area contributed by atoms with Crippen LogP contribution in [-0.2, 0) is 20.5 Å². The summed E-state index contributed by atoms with van der Waals surface area (Å²) >= 11 is 0. The number of hydrogen-bond acceptors (Lipinski definition) is 3. The summed E-state index contributed by atoms with van der Waals surface area (Å²) in [5.74, 6) is -2.35. The second-order valence-corrected chi connectivity index (χ2v) is 6.19. The topological polar surface area (TPSA) is 46.6 Å². The Morgan fingerprint density at radius 2 is 1.96 bits per heavy atom. The van der Waals surface area contributed by atoms with Gasteiger partial charge >= 0.3 is 6.18 Å². The molecule has 2 bridgehead atoms. The van der Waals surface area contributed by atoms with Gasteiger partial charge in [-0.1, -0.05) is 18.2 Å². The highest BCUT2D eigenvalue weighted by Gasteiger charge is 2.66. The largest absolute Gasteiger partial charge is 0.416 e. The maximum Gasteiger partial charge on any atom is 0.416 e. The zero-order valence-corrected chi connectivity index (χ0v) is 12.0. The van der Waals surface area contributed by atoms with Gasteiger partial charge in [-0.2, -0.15) is 13.2 Å². The fraction of sp³-hybridized carbons (Fsp3) is 0.375. The Hall–Kier alpha value is -2.15. The molecule has 7 heteroatoms. The zero-order valence-electron chi connectivity index (χ0n) is 12.0. The SMILES string of the molecule is C[C@]12C=C[C@@H](O1)[C@@H]1C(=O)N(c3cccc(C(F)(F)F)c3)C(=O)[C@@H]12. The summed E-state index contributed by atoms with van der Waals surface area (Å²) in [6.45, 7) is 1.72. The Kier molecular flexibility index (Phi) is 2.65. The van der Waals surface area contributed by atoms with Crippen molar-refractivity contribution in [2.75, 3.05) is 4.90 Å². The Morgan fingerprint density at radius 1 is 1.22 bits per heavy atom. The van der Waals surface area contributed by atoms with Crippen LogP contribution in [0.25, 0.3) is 0 Å². The molecule has 120 valence electrons. The minimum absolute atomic E-state index is 0.0489. The van der Waals surface area contributed by atoms with E-state index in [9.17, 15) is 22.8 Å². The fourth-order valence-corrected chi connectivity index (χ4v) is 3.73. The van der Waals surface area contributed by atoms with E-state index in [1.165, 1.54) is 12.1 Å². The third-order valence-electron chi connectivity index (χ3n) is 4.76. The molecule has 4 atom stereocenters. The third-order valence-corrected chi connectivity index (χ3v) is 4.76.